The minimum Gasteiger partial charge on any atom is -0.375 e. The Morgan fingerprint density at radius 3 is 2.91 bits per heavy atom. The number of aromatic nitrogens is 1. The van der Waals surface area contributed by atoms with E-state index >= 15 is 0 Å². The molecule has 0 amide bonds. The van der Waals surface area contributed by atoms with E-state index in [1.807, 2.05) is 0 Å². The van der Waals surface area contributed by atoms with Gasteiger partial charge in [-0.25, -0.2) is 4.98 Å². The van der Waals surface area contributed by atoms with Crippen molar-refractivity contribution in [2.75, 3.05) is 25.4 Å². The summed E-state index contributed by atoms with van der Waals surface area (Å²) in [6.45, 7) is 3.31. The summed E-state index contributed by atoms with van der Waals surface area (Å²) in [6, 6.07) is 8.77. The average molecular weight is 311 g/mol. The largest absolute Gasteiger partial charge is 0.375 e. The Morgan fingerprint density at radius 1 is 1.09 bits per heavy atom. The van der Waals surface area contributed by atoms with Gasteiger partial charge in [0.1, 0.15) is 0 Å². The van der Waals surface area contributed by atoms with Gasteiger partial charge in [-0.05, 0) is 30.4 Å². The van der Waals surface area contributed by atoms with Crippen molar-refractivity contribution in [2.45, 2.75) is 25.7 Å². The Hall–Kier alpha value is -1.65. The molecule has 2 N–H and O–H groups in total. The molecule has 0 bridgehead atoms. The number of nitrogens with two attached hydrogens (primary N) is 1. The highest BCUT2D eigenvalue weighted by Gasteiger charge is 2.19. The number of fused-ring (bicyclic) bond motifs is 2. The molecule has 2 aromatic rings. The molecule has 1 aromatic heterocycles. The molecule has 0 saturated carbocycles. The third kappa shape index (κ3) is 2.81. The summed E-state index contributed by atoms with van der Waals surface area (Å²) in [5.41, 5.74) is 11.5. The smallest absolute Gasteiger partial charge is 0.180 e. The zero-order valence-electron chi connectivity index (χ0n) is 12.7. The number of hydrogen-bond acceptors (Lipinski definition) is 4. The summed E-state index contributed by atoms with van der Waals surface area (Å²) in [6.07, 6.45) is 6.90. The maximum atomic E-state index is 5.82. The Morgan fingerprint density at radius 2 is 1.95 bits per heavy atom. The summed E-state index contributed by atoms with van der Waals surface area (Å²) < 4.78 is 0. The van der Waals surface area contributed by atoms with E-state index in [1.165, 1.54) is 34.5 Å². The number of rotatable bonds is 2. The first-order chi connectivity index (χ1) is 10.8. The molecule has 3 nitrogen and oxygen atoms in total. The lowest BCUT2D eigenvalue weighted by atomic mass is 9.92. The molecule has 0 atom stereocenters. The number of hydrogen-bond donors (Lipinski definition) is 1. The number of benzene rings is 1. The van der Waals surface area contributed by atoms with Crippen molar-refractivity contribution in [2.24, 2.45) is 0 Å². The SMILES string of the molecule is Nc1nc2c(s1)CCN(CC1=Cc3ccccc3CC1)CC2. The monoisotopic (exact) mass is 311 g/mol. The maximum absolute atomic E-state index is 5.82. The standard InChI is InChI=1S/C18H21N3S/c19-18-20-16-7-9-21(10-8-17(16)22-18)12-13-5-6-14-3-1-2-4-15(14)11-13/h1-4,11H,5-10,12H2,(H2,19,20). The lowest BCUT2D eigenvalue weighted by molar-refractivity contribution is 0.309. The maximum Gasteiger partial charge on any atom is 0.180 e. The minimum absolute atomic E-state index is 0.727. The Labute approximate surface area is 135 Å². The first-order valence-electron chi connectivity index (χ1n) is 8.02. The molecule has 4 rings (SSSR count). The molecule has 0 radical (unpaired) electrons. The van der Waals surface area contributed by atoms with E-state index in [2.05, 4.69) is 40.2 Å². The van der Waals surface area contributed by atoms with E-state index in [9.17, 15) is 0 Å². The van der Waals surface area contributed by atoms with Crippen LogP contribution in [0.25, 0.3) is 6.08 Å². The fourth-order valence-corrected chi connectivity index (χ4v) is 4.36. The van der Waals surface area contributed by atoms with Crippen molar-refractivity contribution < 1.29 is 0 Å². The van der Waals surface area contributed by atoms with E-state index in [4.69, 9.17) is 5.73 Å². The van der Waals surface area contributed by atoms with Crippen molar-refractivity contribution in [1.29, 1.82) is 0 Å². The van der Waals surface area contributed by atoms with Gasteiger partial charge in [0, 0.05) is 30.9 Å². The molecule has 0 fully saturated rings. The van der Waals surface area contributed by atoms with Gasteiger partial charge >= 0.3 is 0 Å². The average Bonchev–Trinajstić information content (AvgIpc) is 2.80. The van der Waals surface area contributed by atoms with Gasteiger partial charge in [0.05, 0.1) is 5.69 Å². The van der Waals surface area contributed by atoms with Gasteiger partial charge in [0.2, 0.25) is 0 Å². The van der Waals surface area contributed by atoms with Crippen LogP contribution in [-0.2, 0) is 19.3 Å². The predicted octanol–water partition coefficient (Wildman–Crippen LogP) is 3.16. The van der Waals surface area contributed by atoms with E-state index < -0.39 is 0 Å². The van der Waals surface area contributed by atoms with Crippen LogP contribution in [0.4, 0.5) is 5.13 Å². The molecule has 4 heteroatoms. The van der Waals surface area contributed by atoms with E-state index in [0.29, 0.717) is 0 Å². The Balaban J connectivity index is 1.45. The van der Waals surface area contributed by atoms with Crippen LogP contribution in [0.3, 0.4) is 0 Å². The number of aryl methyl sites for hydroxylation is 1. The second kappa shape index (κ2) is 5.86. The lowest BCUT2D eigenvalue weighted by Gasteiger charge is -2.24. The number of thiazole rings is 1. The van der Waals surface area contributed by atoms with E-state index in [0.717, 1.165) is 37.6 Å². The Kier molecular flexibility index (Phi) is 3.72. The van der Waals surface area contributed by atoms with Gasteiger partial charge in [-0.3, -0.25) is 4.90 Å². The van der Waals surface area contributed by atoms with Crippen LogP contribution in [0.15, 0.2) is 29.8 Å². The normalized spacial score (nSPS) is 18.3. The van der Waals surface area contributed by atoms with Crippen LogP contribution in [0.2, 0.25) is 0 Å². The summed E-state index contributed by atoms with van der Waals surface area (Å²) in [5, 5.41) is 0.727. The highest BCUT2D eigenvalue weighted by atomic mass is 32.1. The highest BCUT2D eigenvalue weighted by molar-refractivity contribution is 7.15. The zero-order valence-corrected chi connectivity index (χ0v) is 13.5. The number of nitrogen functional groups attached to an aromatic ring is 1. The predicted molar refractivity (Wildman–Crippen MR) is 93.1 cm³/mol. The highest BCUT2D eigenvalue weighted by Crippen LogP contribution is 2.27. The fourth-order valence-electron chi connectivity index (χ4n) is 3.49. The van der Waals surface area contributed by atoms with Crippen molar-refractivity contribution in [1.82, 2.24) is 9.88 Å². The molecule has 22 heavy (non-hydrogen) atoms. The van der Waals surface area contributed by atoms with Gasteiger partial charge < -0.3 is 5.73 Å². The molecule has 0 unspecified atom stereocenters. The first-order valence-corrected chi connectivity index (χ1v) is 8.83. The minimum atomic E-state index is 0.727. The van der Waals surface area contributed by atoms with Crippen LogP contribution in [0.5, 0.6) is 0 Å². The zero-order chi connectivity index (χ0) is 14.9. The number of nitrogens with zero attached hydrogens (tertiary/aromatic N) is 2. The molecular formula is C18H21N3S. The van der Waals surface area contributed by atoms with E-state index in [-0.39, 0.29) is 0 Å². The molecule has 1 aliphatic heterocycles. The summed E-state index contributed by atoms with van der Waals surface area (Å²) in [7, 11) is 0. The first kappa shape index (κ1) is 14.0. The van der Waals surface area contributed by atoms with Crippen molar-refractivity contribution >= 4 is 22.5 Å². The molecule has 1 aromatic carbocycles. The van der Waals surface area contributed by atoms with Crippen molar-refractivity contribution in [3.8, 4) is 0 Å². The summed E-state index contributed by atoms with van der Waals surface area (Å²) in [5.74, 6) is 0. The molecule has 0 spiro atoms. The lowest BCUT2D eigenvalue weighted by Crippen LogP contribution is -2.29. The van der Waals surface area contributed by atoms with Gasteiger partial charge in [-0.1, -0.05) is 35.9 Å². The van der Waals surface area contributed by atoms with Gasteiger partial charge in [0.25, 0.3) is 0 Å². The summed E-state index contributed by atoms with van der Waals surface area (Å²) in [4.78, 5) is 8.44. The second-order valence-electron chi connectivity index (χ2n) is 6.20. The second-order valence-corrected chi connectivity index (χ2v) is 7.31. The molecule has 114 valence electrons. The van der Waals surface area contributed by atoms with Crippen LogP contribution >= 0.6 is 11.3 Å². The van der Waals surface area contributed by atoms with Crippen molar-refractivity contribution in [3.63, 3.8) is 0 Å². The van der Waals surface area contributed by atoms with Gasteiger partial charge in [-0.2, -0.15) is 0 Å². The van der Waals surface area contributed by atoms with Crippen molar-refractivity contribution in [3.05, 3.63) is 51.5 Å². The molecule has 0 saturated heterocycles. The molecule has 2 aliphatic rings. The third-order valence-electron chi connectivity index (χ3n) is 4.67. The van der Waals surface area contributed by atoms with E-state index in [1.54, 1.807) is 16.9 Å². The molecule has 2 heterocycles. The Bertz CT molecular complexity index is 691. The van der Waals surface area contributed by atoms with Gasteiger partial charge in [0.15, 0.2) is 5.13 Å². The summed E-state index contributed by atoms with van der Waals surface area (Å²) >= 11 is 1.67. The van der Waals surface area contributed by atoms with Crippen LogP contribution in [0, 0.1) is 0 Å². The fraction of sp³-hybridized carbons (Fsp3) is 0.389. The van der Waals surface area contributed by atoms with Crippen LogP contribution < -0.4 is 5.73 Å². The topological polar surface area (TPSA) is 42.1 Å². The number of anilines is 1. The quantitative estimate of drug-likeness (QED) is 0.926. The third-order valence-corrected chi connectivity index (χ3v) is 5.66. The molecular weight excluding hydrogens is 290 g/mol. The van der Waals surface area contributed by atoms with Crippen LogP contribution in [-0.4, -0.2) is 29.5 Å². The molecule has 1 aliphatic carbocycles. The van der Waals surface area contributed by atoms with Gasteiger partial charge in [-0.15, -0.1) is 11.3 Å². The van der Waals surface area contributed by atoms with Crippen LogP contribution in [0.1, 0.15) is 28.1 Å².